The lowest BCUT2D eigenvalue weighted by Crippen LogP contribution is -2.34. The second-order valence-corrected chi connectivity index (χ2v) is 6.44. The van der Waals surface area contributed by atoms with E-state index in [1.807, 2.05) is 0 Å². The predicted octanol–water partition coefficient (Wildman–Crippen LogP) is 2.44. The van der Waals surface area contributed by atoms with Gasteiger partial charge in [0.15, 0.2) is 0 Å². The number of hydrogen-bond acceptors (Lipinski definition) is 4. The second kappa shape index (κ2) is 5.46. The van der Waals surface area contributed by atoms with Crippen LogP contribution in [0.2, 0.25) is 0 Å². The number of aryl methyl sites for hydroxylation is 2. The lowest BCUT2D eigenvalue weighted by atomic mass is 9.97. The Kier molecular flexibility index (Phi) is 4.17. The fourth-order valence-corrected chi connectivity index (χ4v) is 3.32. The molecule has 17 heavy (non-hydrogen) atoms. The Morgan fingerprint density at radius 2 is 2.29 bits per heavy atom. The summed E-state index contributed by atoms with van der Waals surface area (Å²) < 4.78 is 0. The average Bonchev–Trinajstić information content (AvgIpc) is 2.66. The van der Waals surface area contributed by atoms with Gasteiger partial charge in [0, 0.05) is 17.5 Å². The van der Waals surface area contributed by atoms with Crippen molar-refractivity contribution in [1.29, 1.82) is 0 Å². The first kappa shape index (κ1) is 13.0. The van der Waals surface area contributed by atoms with E-state index in [0.717, 1.165) is 11.4 Å². The molecule has 2 rings (SSSR count). The molecule has 2 atom stereocenters. The van der Waals surface area contributed by atoms with Crippen LogP contribution in [0.15, 0.2) is 0 Å². The van der Waals surface area contributed by atoms with Crippen LogP contribution in [-0.2, 0) is 6.42 Å². The summed E-state index contributed by atoms with van der Waals surface area (Å²) >= 11 is 1.80. The summed E-state index contributed by atoms with van der Waals surface area (Å²) in [4.78, 5) is 5.97. The standard InChI is InChI=1S/C13H22N2OS/c1-8(2)12(16)7-14-10-5-4-6-11-13(10)17-9(3)15-11/h8,10,12,14,16H,4-7H2,1-3H3. The molecule has 0 saturated carbocycles. The van der Waals surface area contributed by atoms with E-state index in [0.29, 0.717) is 18.5 Å². The molecule has 1 aromatic rings. The number of hydrogen-bond donors (Lipinski definition) is 2. The Hall–Kier alpha value is -0.450. The van der Waals surface area contributed by atoms with Crippen molar-refractivity contribution in [3.8, 4) is 0 Å². The van der Waals surface area contributed by atoms with Gasteiger partial charge in [-0.15, -0.1) is 11.3 Å². The lowest BCUT2D eigenvalue weighted by Gasteiger charge is -2.25. The monoisotopic (exact) mass is 254 g/mol. The quantitative estimate of drug-likeness (QED) is 0.867. The lowest BCUT2D eigenvalue weighted by molar-refractivity contribution is 0.119. The van der Waals surface area contributed by atoms with Crippen molar-refractivity contribution in [1.82, 2.24) is 10.3 Å². The van der Waals surface area contributed by atoms with Gasteiger partial charge in [0.05, 0.1) is 16.8 Å². The minimum atomic E-state index is -0.255. The normalized spacial score (nSPS) is 21.6. The molecule has 0 saturated heterocycles. The Balaban J connectivity index is 1.99. The molecule has 2 N–H and O–H groups in total. The minimum Gasteiger partial charge on any atom is -0.392 e. The topological polar surface area (TPSA) is 45.2 Å². The summed E-state index contributed by atoms with van der Waals surface area (Å²) in [6, 6.07) is 0.401. The molecule has 0 bridgehead atoms. The van der Waals surface area contributed by atoms with Crippen LogP contribution in [0.5, 0.6) is 0 Å². The molecule has 4 heteroatoms. The highest BCUT2D eigenvalue weighted by molar-refractivity contribution is 7.11. The van der Waals surface area contributed by atoms with Gasteiger partial charge in [-0.05, 0) is 32.1 Å². The second-order valence-electron chi connectivity index (χ2n) is 5.21. The maximum absolute atomic E-state index is 9.84. The molecule has 0 radical (unpaired) electrons. The van der Waals surface area contributed by atoms with Crippen LogP contribution >= 0.6 is 11.3 Å². The summed E-state index contributed by atoms with van der Waals surface area (Å²) in [5, 5.41) is 14.5. The van der Waals surface area contributed by atoms with E-state index >= 15 is 0 Å². The van der Waals surface area contributed by atoms with Gasteiger partial charge in [0.2, 0.25) is 0 Å². The van der Waals surface area contributed by atoms with Crippen LogP contribution in [-0.4, -0.2) is 22.7 Å². The fraction of sp³-hybridized carbons (Fsp3) is 0.769. The zero-order valence-electron chi connectivity index (χ0n) is 10.9. The van der Waals surface area contributed by atoms with Gasteiger partial charge in [-0.2, -0.15) is 0 Å². The number of nitrogens with one attached hydrogen (secondary N) is 1. The van der Waals surface area contributed by atoms with Gasteiger partial charge in [0.1, 0.15) is 0 Å². The van der Waals surface area contributed by atoms with E-state index in [4.69, 9.17) is 0 Å². The largest absolute Gasteiger partial charge is 0.392 e. The number of rotatable bonds is 4. The zero-order valence-corrected chi connectivity index (χ0v) is 11.7. The summed E-state index contributed by atoms with van der Waals surface area (Å²) in [6.07, 6.45) is 3.23. The fourth-order valence-electron chi connectivity index (χ4n) is 2.24. The number of nitrogens with zero attached hydrogens (tertiary/aromatic N) is 1. The molecule has 0 amide bonds. The van der Waals surface area contributed by atoms with E-state index < -0.39 is 0 Å². The molecule has 96 valence electrons. The Morgan fingerprint density at radius 3 is 3.00 bits per heavy atom. The van der Waals surface area contributed by atoms with Crippen molar-refractivity contribution < 1.29 is 5.11 Å². The van der Waals surface area contributed by atoms with Gasteiger partial charge in [-0.25, -0.2) is 4.98 Å². The summed E-state index contributed by atoms with van der Waals surface area (Å²) in [7, 11) is 0. The molecule has 2 unspecified atom stereocenters. The zero-order chi connectivity index (χ0) is 12.4. The molecule has 0 aliphatic heterocycles. The van der Waals surface area contributed by atoms with Crippen molar-refractivity contribution in [2.24, 2.45) is 5.92 Å². The number of aliphatic hydroxyl groups is 1. The first-order valence-corrected chi connectivity index (χ1v) is 7.27. The van der Waals surface area contributed by atoms with Crippen molar-refractivity contribution in [2.75, 3.05) is 6.54 Å². The highest BCUT2D eigenvalue weighted by atomic mass is 32.1. The number of fused-ring (bicyclic) bond motifs is 1. The SMILES string of the molecule is Cc1nc2c(s1)C(NCC(O)C(C)C)CCC2. The van der Waals surface area contributed by atoms with Crippen molar-refractivity contribution in [2.45, 2.75) is 52.2 Å². The summed E-state index contributed by atoms with van der Waals surface area (Å²) in [5.41, 5.74) is 1.27. The molecule has 0 aromatic carbocycles. The molecular formula is C13H22N2OS. The van der Waals surface area contributed by atoms with Gasteiger partial charge < -0.3 is 10.4 Å². The van der Waals surface area contributed by atoms with Gasteiger partial charge >= 0.3 is 0 Å². The molecule has 1 heterocycles. The highest BCUT2D eigenvalue weighted by Gasteiger charge is 2.24. The molecule has 1 aliphatic carbocycles. The van der Waals surface area contributed by atoms with E-state index in [-0.39, 0.29) is 6.10 Å². The van der Waals surface area contributed by atoms with Crippen LogP contribution in [0.1, 0.15) is 48.3 Å². The van der Waals surface area contributed by atoms with Crippen molar-refractivity contribution >= 4 is 11.3 Å². The van der Waals surface area contributed by atoms with Crippen molar-refractivity contribution in [3.63, 3.8) is 0 Å². The Morgan fingerprint density at radius 1 is 1.53 bits per heavy atom. The first-order chi connectivity index (χ1) is 8.08. The predicted molar refractivity (Wildman–Crippen MR) is 71.4 cm³/mol. The third kappa shape index (κ3) is 3.06. The third-order valence-corrected chi connectivity index (χ3v) is 4.53. The van der Waals surface area contributed by atoms with Crippen LogP contribution < -0.4 is 5.32 Å². The van der Waals surface area contributed by atoms with Crippen LogP contribution in [0, 0.1) is 12.8 Å². The van der Waals surface area contributed by atoms with Gasteiger partial charge in [0.25, 0.3) is 0 Å². The number of aliphatic hydroxyl groups excluding tert-OH is 1. The van der Waals surface area contributed by atoms with E-state index in [1.54, 1.807) is 11.3 Å². The molecule has 0 fully saturated rings. The average molecular weight is 254 g/mol. The minimum absolute atomic E-state index is 0.255. The van der Waals surface area contributed by atoms with Crippen molar-refractivity contribution in [3.05, 3.63) is 15.6 Å². The third-order valence-electron chi connectivity index (χ3n) is 3.40. The van der Waals surface area contributed by atoms with E-state index in [1.165, 1.54) is 23.4 Å². The molecule has 0 spiro atoms. The Labute approximate surface area is 107 Å². The molecule has 1 aromatic heterocycles. The summed E-state index contributed by atoms with van der Waals surface area (Å²) in [5.74, 6) is 0.314. The maximum Gasteiger partial charge on any atom is 0.0900 e. The van der Waals surface area contributed by atoms with Gasteiger partial charge in [-0.3, -0.25) is 0 Å². The molecule has 3 nitrogen and oxygen atoms in total. The van der Waals surface area contributed by atoms with Gasteiger partial charge in [-0.1, -0.05) is 13.8 Å². The number of thiazole rings is 1. The van der Waals surface area contributed by atoms with E-state index in [9.17, 15) is 5.11 Å². The van der Waals surface area contributed by atoms with Crippen LogP contribution in [0.25, 0.3) is 0 Å². The molecular weight excluding hydrogens is 232 g/mol. The number of aromatic nitrogens is 1. The van der Waals surface area contributed by atoms with Crippen LogP contribution in [0.4, 0.5) is 0 Å². The molecule has 1 aliphatic rings. The van der Waals surface area contributed by atoms with E-state index in [2.05, 4.69) is 31.1 Å². The summed E-state index contributed by atoms with van der Waals surface area (Å²) in [6.45, 7) is 6.85. The maximum atomic E-state index is 9.84. The Bertz CT molecular complexity index is 375. The highest BCUT2D eigenvalue weighted by Crippen LogP contribution is 2.33. The van der Waals surface area contributed by atoms with Crippen LogP contribution in [0.3, 0.4) is 0 Å². The first-order valence-electron chi connectivity index (χ1n) is 6.45. The smallest absolute Gasteiger partial charge is 0.0900 e.